The van der Waals surface area contributed by atoms with Gasteiger partial charge in [0.25, 0.3) is 0 Å². The van der Waals surface area contributed by atoms with Crippen molar-refractivity contribution < 1.29 is 9.50 Å². The predicted octanol–water partition coefficient (Wildman–Crippen LogP) is 1.79. The zero-order valence-corrected chi connectivity index (χ0v) is 11.2. The second-order valence-corrected chi connectivity index (χ2v) is 4.48. The van der Waals surface area contributed by atoms with E-state index in [1.165, 1.54) is 12.1 Å². The minimum absolute atomic E-state index is 0.179. The van der Waals surface area contributed by atoms with Gasteiger partial charge >= 0.3 is 0 Å². The lowest BCUT2D eigenvalue weighted by atomic mass is 10.0. The SMILES string of the molecule is CCNC(CCN(C)CCO)c1ccc(F)cc1. The average Bonchev–Trinajstić information content (AvgIpc) is 2.36. The van der Waals surface area contributed by atoms with Gasteiger partial charge in [0.1, 0.15) is 5.82 Å². The molecule has 0 fully saturated rings. The summed E-state index contributed by atoms with van der Waals surface area (Å²) in [5.74, 6) is -0.202. The van der Waals surface area contributed by atoms with Crippen molar-refractivity contribution in [2.24, 2.45) is 0 Å². The molecule has 18 heavy (non-hydrogen) atoms. The van der Waals surface area contributed by atoms with Crippen LogP contribution in [0.15, 0.2) is 24.3 Å². The van der Waals surface area contributed by atoms with Gasteiger partial charge in [-0.2, -0.15) is 0 Å². The highest BCUT2D eigenvalue weighted by Crippen LogP contribution is 2.17. The van der Waals surface area contributed by atoms with E-state index in [1.807, 2.05) is 19.2 Å². The van der Waals surface area contributed by atoms with Gasteiger partial charge in [0.15, 0.2) is 0 Å². The number of nitrogens with one attached hydrogen (secondary N) is 1. The van der Waals surface area contributed by atoms with Crippen LogP contribution in [0.4, 0.5) is 4.39 Å². The molecule has 1 unspecified atom stereocenters. The highest BCUT2D eigenvalue weighted by atomic mass is 19.1. The Morgan fingerprint density at radius 1 is 1.28 bits per heavy atom. The summed E-state index contributed by atoms with van der Waals surface area (Å²) in [7, 11) is 1.99. The van der Waals surface area contributed by atoms with E-state index in [4.69, 9.17) is 5.11 Å². The molecule has 0 aliphatic heterocycles. The lowest BCUT2D eigenvalue weighted by Crippen LogP contribution is -2.28. The van der Waals surface area contributed by atoms with E-state index in [0.717, 1.165) is 25.1 Å². The van der Waals surface area contributed by atoms with Crippen LogP contribution >= 0.6 is 0 Å². The van der Waals surface area contributed by atoms with Gasteiger partial charge in [0.05, 0.1) is 6.61 Å². The van der Waals surface area contributed by atoms with Crippen LogP contribution in [-0.2, 0) is 0 Å². The van der Waals surface area contributed by atoms with Crippen molar-refractivity contribution in [3.63, 3.8) is 0 Å². The van der Waals surface area contributed by atoms with Gasteiger partial charge in [-0.25, -0.2) is 4.39 Å². The molecular weight excluding hydrogens is 231 g/mol. The van der Waals surface area contributed by atoms with E-state index in [9.17, 15) is 4.39 Å². The van der Waals surface area contributed by atoms with Crippen molar-refractivity contribution in [2.45, 2.75) is 19.4 Å². The zero-order chi connectivity index (χ0) is 13.4. The molecule has 3 nitrogen and oxygen atoms in total. The van der Waals surface area contributed by atoms with Gasteiger partial charge in [-0.1, -0.05) is 19.1 Å². The van der Waals surface area contributed by atoms with E-state index in [-0.39, 0.29) is 18.5 Å². The maximum atomic E-state index is 12.9. The molecule has 0 radical (unpaired) electrons. The van der Waals surface area contributed by atoms with Crippen LogP contribution < -0.4 is 5.32 Å². The normalized spacial score (nSPS) is 12.9. The van der Waals surface area contributed by atoms with E-state index < -0.39 is 0 Å². The number of aliphatic hydroxyl groups excluding tert-OH is 1. The highest BCUT2D eigenvalue weighted by Gasteiger charge is 2.11. The van der Waals surface area contributed by atoms with Crippen LogP contribution in [0.25, 0.3) is 0 Å². The summed E-state index contributed by atoms with van der Waals surface area (Å²) in [4.78, 5) is 2.09. The van der Waals surface area contributed by atoms with Gasteiger partial charge < -0.3 is 15.3 Å². The number of aliphatic hydroxyl groups is 1. The topological polar surface area (TPSA) is 35.5 Å². The maximum absolute atomic E-state index is 12.9. The number of hydrogen-bond donors (Lipinski definition) is 2. The molecule has 1 atom stereocenters. The Balaban J connectivity index is 2.56. The Labute approximate surface area is 109 Å². The standard InChI is InChI=1S/C14H23FN2O/c1-3-16-14(8-9-17(2)10-11-18)12-4-6-13(15)7-5-12/h4-7,14,16,18H,3,8-11H2,1-2H3. The minimum atomic E-state index is -0.202. The second-order valence-electron chi connectivity index (χ2n) is 4.48. The van der Waals surface area contributed by atoms with Crippen LogP contribution in [0.3, 0.4) is 0 Å². The summed E-state index contributed by atoms with van der Waals surface area (Å²) in [6.45, 7) is 4.70. The van der Waals surface area contributed by atoms with Crippen LogP contribution in [0.2, 0.25) is 0 Å². The molecule has 4 heteroatoms. The third-order valence-electron chi connectivity index (χ3n) is 3.00. The van der Waals surface area contributed by atoms with Crippen molar-refractivity contribution in [1.29, 1.82) is 0 Å². The smallest absolute Gasteiger partial charge is 0.123 e. The fraction of sp³-hybridized carbons (Fsp3) is 0.571. The number of rotatable bonds is 8. The molecule has 0 aliphatic carbocycles. The van der Waals surface area contributed by atoms with Crippen molar-refractivity contribution >= 4 is 0 Å². The lowest BCUT2D eigenvalue weighted by molar-refractivity contribution is 0.215. The van der Waals surface area contributed by atoms with E-state index in [1.54, 1.807) is 0 Å². The molecule has 102 valence electrons. The third-order valence-corrected chi connectivity index (χ3v) is 3.00. The lowest BCUT2D eigenvalue weighted by Gasteiger charge is -2.22. The summed E-state index contributed by atoms with van der Waals surface area (Å²) in [6, 6.07) is 6.88. The van der Waals surface area contributed by atoms with Gasteiger partial charge in [-0.3, -0.25) is 0 Å². The van der Waals surface area contributed by atoms with Crippen LogP contribution in [-0.4, -0.2) is 43.3 Å². The van der Waals surface area contributed by atoms with Crippen molar-refractivity contribution in [3.05, 3.63) is 35.6 Å². The molecule has 0 saturated carbocycles. The Bertz CT molecular complexity index is 329. The molecule has 2 N–H and O–H groups in total. The van der Waals surface area contributed by atoms with Crippen LogP contribution in [0.5, 0.6) is 0 Å². The van der Waals surface area contributed by atoms with E-state index in [2.05, 4.69) is 17.1 Å². The largest absolute Gasteiger partial charge is 0.395 e. The van der Waals surface area contributed by atoms with Crippen molar-refractivity contribution in [1.82, 2.24) is 10.2 Å². The maximum Gasteiger partial charge on any atom is 0.123 e. The molecule has 0 aromatic heterocycles. The molecular formula is C14H23FN2O. The first-order valence-electron chi connectivity index (χ1n) is 6.45. The van der Waals surface area contributed by atoms with Crippen LogP contribution in [0.1, 0.15) is 24.9 Å². The van der Waals surface area contributed by atoms with E-state index in [0.29, 0.717) is 6.54 Å². The van der Waals surface area contributed by atoms with Crippen molar-refractivity contribution in [2.75, 3.05) is 33.3 Å². The second kappa shape index (κ2) is 8.19. The summed E-state index contributed by atoms with van der Waals surface area (Å²) >= 11 is 0. The fourth-order valence-corrected chi connectivity index (χ4v) is 1.96. The molecule has 0 spiro atoms. The van der Waals surface area contributed by atoms with Gasteiger partial charge in [0.2, 0.25) is 0 Å². The monoisotopic (exact) mass is 254 g/mol. The molecule has 0 bridgehead atoms. The number of nitrogens with zero attached hydrogens (tertiary/aromatic N) is 1. The number of likely N-dealkylation sites (N-methyl/N-ethyl adjacent to an activating group) is 1. The number of hydrogen-bond acceptors (Lipinski definition) is 3. The Morgan fingerprint density at radius 3 is 2.50 bits per heavy atom. The highest BCUT2D eigenvalue weighted by molar-refractivity contribution is 5.19. The van der Waals surface area contributed by atoms with Gasteiger partial charge in [0, 0.05) is 12.6 Å². The van der Waals surface area contributed by atoms with Gasteiger partial charge in [-0.15, -0.1) is 0 Å². The first-order valence-corrected chi connectivity index (χ1v) is 6.45. The number of benzene rings is 1. The van der Waals surface area contributed by atoms with Gasteiger partial charge in [-0.05, 0) is 44.3 Å². The zero-order valence-electron chi connectivity index (χ0n) is 11.2. The van der Waals surface area contributed by atoms with Crippen molar-refractivity contribution in [3.8, 4) is 0 Å². The van der Waals surface area contributed by atoms with Crippen LogP contribution in [0, 0.1) is 5.82 Å². The van der Waals surface area contributed by atoms with E-state index >= 15 is 0 Å². The Kier molecular flexibility index (Phi) is 6.86. The fourth-order valence-electron chi connectivity index (χ4n) is 1.96. The summed E-state index contributed by atoms with van der Waals surface area (Å²) < 4.78 is 12.9. The molecule has 1 aromatic carbocycles. The third kappa shape index (κ3) is 5.12. The molecule has 0 amide bonds. The molecule has 1 rings (SSSR count). The minimum Gasteiger partial charge on any atom is -0.395 e. The summed E-state index contributed by atoms with van der Waals surface area (Å²) in [6.07, 6.45) is 0.940. The predicted molar refractivity (Wildman–Crippen MR) is 72.0 cm³/mol. The number of halogens is 1. The first-order chi connectivity index (χ1) is 8.67. The molecule has 0 aliphatic rings. The molecule has 1 aromatic rings. The molecule has 0 saturated heterocycles. The molecule has 0 heterocycles. The average molecular weight is 254 g/mol. The summed E-state index contributed by atoms with van der Waals surface area (Å²) in [5, 5.41) is 12.3. The Morgan fingerprint density at radius 2 is 1.94 bits per heavy atom. The quantitative estimate of drug-likeness (QED) is 0.742. The first kappa shape index (κ1) is 15.1. The summed E-state index contributed by atoms with van der Waals surface area (Å²) in [5.41, 5.74) is 1.11. The Hall–Kier alpha value is -0.970.